The Bertz CT molecular complexity index is 1020. The molecule has 0 aromatic heterocycles. The van der Waals surface area contributed by atoms with E-state index in [1.165, 1.54) is 24.6 Å². The van der Waals surface area contributed by atoms with E-state index < -0.39 is 10.0 Å². The lowest BCUT2D eigenvalue weighted by Crippen LogP contribution is -2.24. The number of nitrogens with one attached hydrogen (secondary N) is 1. The van der Waals surface area contributed by atoms with Crippen molar-refractivity contribution in [2.75, 3.05) is 19.9 Å². The minimum absolute atomic E-state index is 0.0421. The predicted octanol–water partition coefficient (Wildman–Crippen LogP) is 5.16. The van der Waals surface area contributed by atoms with Gasteiger partial charge in [0.2, 0.25) is 10.0 Å². The maximum Gasteiger partial charge on any atom is 0.232 e. The van der Waals surface area contributed by atoms with Crippen molar-refractivity contribution >= 4 is 10.0 Å². The third kappa shape index (κ3) is 7.65. The first-order valence-corrected chi connectivity index (χ1v) is 12.9. The molecule has 0 radical (unpaired) electrons. The highest BCUT2D eigenvalue weighted by Gasteiger charge is 2.27. The third-order valence-electron chi connectivity index (χ3n) is 4.99. The maximum absolute atomic E-state index is 11.9. The van der Waals surface area contributed by atoms with Crippen LogP contribution in [0.3, 0.4) is 0 Å². The Balaban J connectivity index is 0.00000101. The predicted molar refractivity (Wildman–Crippen MR) is 139 cm³/mol. The molecule has 2 aliphatic carbocycles. The number of fused-ring (bicyclic) bond motifs is 2. The summed E-state index contributed by atoms with van der Waals surface area (Å²) in [5.74, 6) is 0.845. The Kier molecular flexibility index (Phi) is 11.7. The lowest BCUT2D eigenvalue weighted by Gasteiger charge is -2.34. The van der Waals surface area contributed by atoms with Gasteiger partial charge in [-0.05, 0) is 62.3 Å². The molecule has 0 fully saturated rings. The molecule has 182 valence electrons. The zero-order chi connectivity index (χ0) is 25.0. The van der Waals surface area contributed by atoms with Crippen molar-refractivity contribution in [1.29, 1.82) is 0 Å². The van der Waals surface area contributed by atoms with Crippen molar-refractivity contribution in [1.82, 2.24) is 9.62 Å². The summed E-state index contributed by atoms with van der Waals surface area (Å²) < 4.78 is 31.8. The maximum atomic E-state index is 11.9. The van der Waals surface area contributed by atoms with Crippen LogP contribution in [0.2, 0.25) is 0 Å². The van der Waals surface area contributed by atoms with Gasteiger partial charge < -0.3 is 15.4 Å². The Morgan fingerprint density at radius 2 is 1.79 bits per heavy atom. The lowest BCUT2D eigenvalue weighted by molar-refractivity contribution is 0.305. The van der Waals surface area contributed by atoms with Crippen molar-refractivity contribution < 1.29 is 13.2 Å². The van der Waals surface area contributed by atoms with Gasteiger partial charge in [0, 0.05) is 30.1 Å². The first-order valence-electron chi connectivity index (χ1n) is 11.2. The number of rotatable bonds is 6. The molecule has 6 nitrogen and oxygen atoms in total. The summed E-state index contributed by atoms with van der Waals surface area (Å²) in [5, 5.41) is 0. The number of hydrogen-bond donors (Lipinski definition) is 2. The summed E-state index contributed by atoms with van der Waals surface area (Å²) in [6, 6.07) is 0. The molecule has 0 atom stereocenters. The van der Waals surface area contributed by atoms with Gasteiger partial charge >= 0.3 is 0 Å². The van der Waals surface area contributed by atoms with Crippen LogP contribution >= 0.6 is 0 Å². The zero-order valence-electron chi connectivity index (χ0n) is 20.8. The van der Waals surface area contributed by atoms with E-state index in [-0.39, 0.29) is 5.75 Å². The number of methoxy groups -OCH3 is 1. The van der Waals surface area contributed by atoms with Crippen LogP contribution in [0.25, 0.3) is 0 Å². The number of hydrogen-bond acceptors (Lipinski definition) is 5. The Morgan fingerprint density at radius 1 is 1.15 bits per heavy atom. The van der Waals surface area contributed by atoms with E-state index in [1.807, 2.05) is 42.7 Å². The van der Waals surface area contributed by atoms with Gasteiger partial charge in [-0.1, -0.05) is 45.1 Å². The van der Waals surface area contributed by atoms with Gasteiger partial charge in [-0.3, -0.25) is 4.72 Å². The molecule has 0 amide bonds. The summed E-state index contributed by atoms with van der Waals surface area (Å²) in [4.78, 5) is 2.10. The molecule has 0 aromatic rings. The molecule has 0 spiro atoms. The van der Waals surface area contributed by atoms with E-state index in [0.717, 1.165) is 29.1 Å². The number of ether oxygens (including phenoxy) is 1. The highest BCUT2D eigenvalue weighted by Crippen LogP contribution is 2.40. The van der Waals surface area contributed by atoms with Crippen LogP contribution in [0.5, 0.6) is 0 Å². The van der Waals surface area contributed by atoms with E-state index >= 15 is 0 Å². The molecule has 0 aromatic carbocycles. The molecule has 3 rings (SSSR count). The monoisotopic (exact) mass is 473 g/mol. The molecular weight excluding hydrogens is 434 g/mol. The van der Waals surface area contributed by atoms with Crippen LogP contribution in [0.4, 0.5) is 0 Å². The highest BCUT2D eigenvalue weighted by atomic mass is 32.2. The van der Waals surface area contributed by atoms with Crippen molar-refractivity contribution in [2.45, 2.75) is 47.0 Å². The van der Waals surface area contributed by atoms with E-state index in [4.69, 9.17) is 4.74 Å². The lowest BCUT2D eigenvalue weighted by atomic mass is 9.90. The third-order valence-corrected chi connectivity index (χ3v) is 6.30. The second kappa shape index (κ2) is 13.7. The largest absolute Gasteiger partial charge is 0.497 e. The minimum atomic E-state index is -3.31. The summed E-state index contributed by atoms with van der Waals surface area (Å²) in [5.41, 5.74) is 10.7. The number of allylic oxidation sites excluding steroid dienone is 10. The van der Waals surface area contributed by atoms with E-state index in [1.54, 1.807) is 14.0 Å². The van der Waals surface area contributed by atoms with Crippen molar-refractivity contribution in [3.05, 3.63) is 94.9 Å². The van der Waals surface area contributed by atoms with Gasteiger partial charge in [-0.15, -0.1) is 0 Å². The molecule has 2 bridgehead atoms. The fraction of sp³-hybridized carbons (Fsp3) is 0.385. The first-order chi connectivity index (χ1) is 15.8. The number of sulfonamides is 1. The molecule has 1 aliphatic heterocycles. The minimum Gasteiger partial charge on any atom is -0.497 e. The van der Waals surface area contributed by atoms with Gasteiger partial charge in [0.05, 0.1) is 18.6 Å². The summed E-state index contributed by atoms with van der Waals surface area (Å²) in [6.07, 6.45) is 18.3. The van der Waals surface area contributed by atoms with Gasteiger partial charge in [0.15, 0.2) is 0 Å². The first kappa shape index (κ1) is 28.3. The molecule has 3 aliphatic rings. The van der Waals surface area contributed by atoms with Crippen LogP contribution < -0.4 is 10.5 Å². The molecule has 0 saturated heterocycles. The summed E-state index contributed by atoms with van der Waals surface area (Å²) in [7, 11) is -0.141. The normalized spacial score (nSPS) is 17.3. The second-order valence-electron chi connectivity index (χ2n) is 7.44. The molecule has 0 unspecified atom stereocenters. The van der Waals surface area contributed by atoms with E-state index in [0.29, 0.717) is 12.1 Å². The summed E-state index contributed by atoms with van der Waals surface area (Å²) >= 11 is 0. The number of nitrogens with zero attached hydrogens (tertiary/aromatic N) is 1. The SMILES string of the molecule is C=CN1C2=CC(OC)=CC=C(C2)C(C)=C1C1=CC=C(NS(=O)(=O)CC)C=CC1.CCC.CN. The van der Waals surface area contributed by atoms with Crippen LogP contribution in [-0.4, -0.2) is 33.2 Å². The second-order valence-corrected chi connectivity index (χ2v) is 9.45. The van der Waals surface area contributed by atoms with Crippen molar-refractivity contribution in [2.24, 2.45) is 5.73 Å². The average Bonchev–Trinajstić information content (AvgIpc) is 3.15. The Labute approximate surface area is 200 Å². The molecule has 0 saturated carbocycles. The van der Waals surface area contributed by atoms with Gasteiger partial charge in [-0.2, -0.15) is 0 Å². The molecular formula is C26H39N3O3S. The van der Waals surface area contributed by atoms with Crippen molar-refractivity contribution in [3.8, 4) is 0 Å². The quantitative estimate of drug-likeness (QED) is 0.556. The molecule has 33 heavy (non-hydrogen) atoms. The van der Waals surface area contributed by atoms with Gasteiger partial charge in [0.25, 0.3) is 0 Å². The molecule has 7 heteroatoms. The molecule has 1 heterocycles. The Hall–Kier alpha value is -2.77. The molecule has 3 N–H and O–H groups in total. The average molecular weight is 474 g/mol. The summed E-state index contributed by atoms with van der Waals surface area (Å²) in [6.45, 7) is 12.0. The van der Waals surface area contributed by atoms with Gasteiger partial charge in [0.1, 0.15) is 5.76 Å². The van der Waals surface area contributed by atoms with Crippen LogP contribution in [-0.2, 0) is 14.8 Å². The Morgan fingerprint density at radius 3 is 2.36 bits per heavy atom. The fourth-order valence-corrected chi connectivity index (χ4v) is 4.08. The van der Waals surface area contributed by atoms with Gasteiger partial charge in [-0.25, -0.2) is 8.42 Å². The van der Waals surface area contributed by atoms with Crippen molar-refractivity contribution in [3.63, 3.8) is 0 Å². The topological polar surface area (TPSA) is 84.7 Å². The zero-order valence-corrected chi connectivity index (χ0v) is 21.6. The number of nitrogens with two attached hydrogens (primary N) is 1. The van der Waals surface area contributed by atoms with Crippen LogP contribution in [0, 0.1) is 0 Å². The highest BCUT2D eigenvalue weighted by molar-refractivity contribution is 7.89. The van der Waals surface area contributed by atoms with Crippen LogP contribution in [0.1, 0.15) is 47.0 Å². The van der Waals surface area contributed by atoms with E-state index in [9.17, 15) is 8.42 Å². The smallest absolute Gasteiger partial charge is 0.232 e. The fourth-order valence-electron chi connectivity index (χ4n) is 3.44. The van der Waals surface area contributed by atoms with E-state index in [2.05, 4.69) is 48.8 Å². The van der Waals surface area contributed by atoms with Crippen LogP contribution in [0.15, 0.2) is 94.9 Å². The standard InChI is InChI=1S/C22H26N2O3S.C3H8.CH5N/c1-5-24-20-14-18(11-13-21(15-20)27-4)16(3)22(24)17-8-7-9-19(12-10-17)23-28(25,26)6-2;1-3-2;1-2/h5,7,9-13,15,23H,1,6,8,14H2,2-4H3;3H2,1-2H3;2H2,1H3.